The minimum Gasteiger partial charge on any atom is -0.467 e. The monoisotopic (exact) mass is 321 g/mol. The molecule has 0 saturated carbocycles. The summed E-state index contributed by atoms with van der Waals surface area (Å²) in [6.45, 7) is 6.04. The largest absolute Gasteiger partial charge is 0.467 e. The number of piperazine rings is 1. The number of hydrogen-bond donors (Lipinski definition) is 2. The molecule has 1 amide bonds. The number of rotatable bonds is 4. The fraction of sp³-hybridized carbons (Fsp3) is 0.706. The lowest BCUT2D eigenvalue weighted by atomic mass is 10.0. The molecule has 3 rings (SSSR count). The quantitative estimate of drug-likeness (QED) is 0.865. The van der Waals surface area contributed by atoms with Gasteiger partial charge in [0.25, 0.3) is 0 Å². The van der Waals surface area contributed by atoms with Gasteiger partial charge in [-0.2, -0.15) is 0 Å². The molecule has 2 aliphatic rings. The number of aliphatic hydroxyl groups excluding tert-OH is 1. The highest BCUT2D eigenvalue weighted by molar-refractivity contribution is 5.83. The lowest BCUT2D eigenvalue weighted by Crippen LogP contribution is -2.56. The van der Waals surface area contributed by atoms with E-state index in [-0.39, 0.29) is 18.1 Å². The van der Waals surface area contributed by atoms with Crippen LogP contribution in [0.15, 0.2) is 22.8 Å². The van der Waals surface area contributed by atoms with Gasteiger partial charge in [0.05, 0.1) is 12.4 Å². The summed E-state index contributed by atoms with van der Waals surface area (Å²) in [7, 11) is 0. The van der Waals surface area contributed by atoms with Gasteiger partial charge in [-0.3, -0.25) is 9.69 Å². The summed E-state index contributed by atoms with van der Waals surface area (Å²) < 4.78 is 5.62. The molecule has 6 nitrogen and oxygen atoms in total. The van der Waals surface area contributed by atoms with Crippen molar-refractivity contribution >= 4 is 5.91 Å². The summed E-state index contributed by atoms with van der Waals surface area (Å²) in [4.78, 5) is 17.4. The van der Waals surface area contributed by atoms with E-state index in [1.54, 1.807) is 6.26 Å². The third kappa shape index (κ3) is 3.59. The molecule has 2 saturated heterocycles. The van der Waals surface area contributed by atoms with E-state index in [1.807, 2.05) is 17.0 Å². The number of amides is 1. The van der Waals surface area contributed by atoms with E-state index in [2.05, 4.69) is 17.1 Å². The summed E-state index contributed by atoms with van der Waals surface area (Å²) in [5.41, 5.74) is 0. The number of furan rings is 1. The Morgan fingerprint density at radius 3 is 2.87 bits per heavy atom. The average Bonchev–Trinajstić information content (AvgIpc) is 3.10. The second-order valence-electron chi connectivity index (χ2n) is 6.48. The van der Waals surface area contributed by atoms with Crippen LogP contribution in [0.4, 0.5) is 0 Å². The maximum Gasteiger partial charge on any atom is 0.247 e. The Bertz CT molecular complexity index is 497. The number of nitrogens with zero attached hydrogens (tertiary/aromatic N) is 2. The van der Waals surface area contributed by atoms with Crippen LogP contribution in [0.1, 0.15) is 38.0 Å². The van der Waals surface area contributed by atoms with Gasteiger partial charge in [0, 0.05) is 38.8 Å². The minimum absolute atomic E-state index is 0.104. The van der Waals surface area contributed by atoms with Crippen molar-refractivity contribution in [3.8, 4) is 0 Å². The predicted molar refractivity (Wildman–Crippen MR) is 86.9 cm³/mol. The molecule has 2 aliphatic heterocycles. The second-order valence-corrected chi connectivity index (χ2v) is 6.48. The number of carbonyl (C=O) groups excluding carboxylic acids is 1. The van der Waals surface area contributed by atoms with Crippen LogP contribution in [0, 0.1) is 0 Å². The molecule has 2 N–H and O–H groups in total. The molecule has 0 radical (unpaired) electrons. The van der Waals surface area contributed by atoms with E-state index in [0.29, 0.717) is 32.0 Å². The van der Waals surface area contributed by atoms with Gasteiger partial charge in [0.2, 0.25) is 5.91 Å². The van der Waals surface area contributed by atoms with E-state index in [9.17, 15) is 9.90 Å². The minimum atomic E-state index is -0.354. The summed E-state index contributed by atoms with van der Waals surface area (Å²) in [5, 5.41) is 13.1. The highest BCUT2D eigenvalue weighted by atomic mass is 16.3. The Hall–Kier alpha value is -1.37. The van der Waals surface area contributed by atoms with Crippen LogP contribution in [0.3, 0.4) is 0 Å². The molecule has 6 heteroatoms. The lowest BCUT2D eigenvalue weighted by Gasteiger charge is -2.42. The van der Waals surface area contributed by atoms with Crippen LogP contribution >= 0.6 is 0 Å². The molecular formula is C17H27N3O3. The zero-order valence-electron chi connectivity index (χ0n) is 13.8. The molecule has 2 unspecified atom stereocenters. The summed E-state index contributed by atoms with van der Waals surface area (Å²) in [6.07, 6.45) is 3.68. The molecule has 0 aliphatic carbocycles. The van der Waals surface area contributed by atoms with Crippen molar-refractivity contribution in [1.82, 2.24) is 15.1 Å². The molecule has 3 heterocycles. The van der Waals surface area contributed by atoms with Crippen molar-refractivity contribution in [3.63, 3.8) is 0 Å². The highest BCUT2D eigenvalue weighted by Gasteiger charge is 2.38. The zero-order chi connectivity index (χ0) is 16.2. The van der Waals surface area contributed by atoms with Crippen molar-refractivity contribution in [2.24, 2.45) is 0 Å². The summed E-state index contributed by atoms with van der Waals surface area (Å²) >= 11 is 0. The second kappa shape index (κ2) is 7.47. The van der Waals surface area contributed by atoms with Crippen molar-refractivity contribution in [2.75, 3.05) is 32.7 Å². The Morgan fingerprint density at radius 1 is 1.43 bits per heavy atom. The van der Waals surface area contributed by atoms with Gasteiger partial charge in [0.15, 0.2) is 0 Å². The standard InChI is InChI=1S/C17H27N3O3/c1-2-13-12-18-7-10-20(13)16(15-4-3-11-23-15)17(22)19-8-5-14(21)6-9-19/h3-4,11,13-14,16,18,21H,2,5-10,12H2,1H3. The number of carbonyl (C=O) groups is 1. The third-order valence-corrected chi connectivity index (χ3v) is 5.02. The average molecular weight is 321 g/mol. The zero-order valence-corrected chi connectivity index (χ0v) is 13.8. The van der Waals surface area contributed by atoms with E-state index >= 15 is 0 Å². The van der Waals surface area contributed by atoms with Crippen LogP contribution in [0.25, 0.3) is 0 Å². The fourth-order valence-electron chi connectivity index (χ4n) is 3.63. The van der Waals surface area contributed by atoms with E-state index in [1.165, 1.54) is 0 Å². The molecular weight excluding hydrogens is 294 g/mol. The van der Waals surface area contributed by atoms with Gasteiger partial charge in [-0.15, -0.1) is 0 Å². The van der Waals surface area contributed by atoms with Gasteiger partial charge < -0.3 is 19.7 Å². The van der Waals surface area contributed by atoms with Crippen molar-refractivity contribution < 1.29 is 14.3 Å². The maximum atomic E-state index is 13.2. The molecule has 0 spiro atoms. The first kappa shape index (κ1) is 16.5. The smallest absolute Gasteiger partial charge is 0.247 e. The Balaban J connectivity index is 1.82. The number of aliphatic hydroxyl groups is 1. The molecule has 0 aromatic carbocycles. The number of hydrogen-bond acceptors (Lipinski definition) is 5. The molecule has 2 atom stereocenters. The molecule has 2 fully saturated rings. The van der Waals surface area contributed by atoms with Crippen molar-refractivity contribution in [1.29, 1.82) is 0 Å². The fourth-order valence-corrected chi connectivity index (χ4v) is 3.63. The van der Waals surface area contributed by atoms with E-state index in [0.717, 1.165) is 31.8 Å². The van der Waals surface area contributed by atoms with Crippen LogP contribution in [-0.4, -0.2) is 65.7 Å². The van der Waals surface area contributed by atoms with E-state index < -0.39 is 0 Å². The first-order chi connectivity index (χ1) is 11.2. The van der Waals surface area contributed by atoms with Crippen LogP contribution in [0.2, 0.25) is 0 Å². The van der Waals surface area contributed by atoms with Crippen molar-refractivity contribution in [3.05, 3.63) is 24.2 Å². The van der Waals surface area contributed by atoms with Crippen LogP contribution in [0.5, 0.6) is 0 Å². The number of piperidine rings is 1. The third-order valence-electron chi connectivity index (χ3n) is 5.02. The molecule has 128 valence electrons. The SMILES string of the molecule is CCC1CNCCN1C(C(=O)N1CCC(O)CC1)c1ccco1. The van der Waals surface area contributed by atoms with Crippen molar-refractivity contribution in [2.45, 2.75) is 44.4 Å². The van der Waals surface area contributed by atoms with Gasteiger partial charge in [-0.1, -0.05) is 6.92 Å². The topological polar surface area (TPSA) is 69.0 Å². The molecule has 23 heavy (non-hydrogen) atoms. The van der Waals surface area contributed by atoms with Crippen LogP contribution < -0.4 is 5.32 Å². The summed E-state index contributed by atoms with van der Waals surface area (Å²) in [5.74, 6) is 0.827. The first-order valence-corrected chi connectivity index (χ1v) is 8.67. The summed E-state index contributed by atoms with van der Waals surface area (Å²) in [6, 6.07) is 3.72. The lowest BCUT2D eigenvalue weighted by molar-refractivity contribution is -0.141. The van der Waals surface area contributed by atoms with Gasteiger partial charge in [-0.05, 0) is 31.4 Å². The van der Waals surface area contributed by atoms with Gasteiger partial charge in [0.1, 0.15) is 11.8 Å². The molecule has 0 bridgehead atoms. The predicted octanol–water partition coefficient (Wildman–Crippen LogP) is 0.988. The molecule has 1 aromatic heterocycles. The Labute approximate surface area is 137 Å². The maximum absolute atomic E-state index is 13.2. The molecule has 1 aromatic rings. The normalized spacial score (nSPS) is 25.5. The van der Waals surface area contributed by atoms with Crippen LogP contribution in [-0.2, 0) is 4.79 Å². The van der Waals surface area contributed by atoms with E-state index in [4.69, 9.17) is 4.42 Å². The van der Waals surface area contributed by atoms with Gasteiger partial charge >= 0.3 is 0 Å². The first-order valence-electron chi connectivity index (χ1n) is 8.67. The van der Waals surface area contributed by atoms with Gasteiger partial charge in [-0.25, -0.2) is 0 Å². The Kier molecular flexibility index (Phi) is 5.35. The number of nitrogens with one attached hydrogen (secondary N) is 1. The Morgan fingerprint density at radius 2 is 2.22 bits per heavy atom. The number of likely N-dealkylation sites (tertiary alicyclic amines) is 1. The highest BCUT2D eigenvalue weighted by Crippen LogP contribution is 2.28.